The van der Waals surface area contributed by atoms with Crippen molar-refractivity contribution in [3.63, 3.8) is 0 Å². The van der Waals surface area contributed by atoms with Gasteiger partial charge in [0.05, 0.1) is 4.90 Å². The average Bonchev–Trinajstić information content (AvgIpc) is 2.65. The second-order valence-electron chi connectivity index (χ2n) is 7.88. The average molecular weight is 389 g/mol. The van der Waals surface area contributed by atoms with E-state index in [9.17, 15) is 13.2 Å². The Bertz CT molecular complexity index is 924. The molecule has 1 fully saturated rings. The highest BCUT2D eigenvalue weighted by Crippen LogP contribution is 2.22. The Morgan fingerprint density at radius 2 is 1.85 bits per heavy atom. The van der Waals surface area contributed by atoms with Gasteiger partial charge in [-0.25, -0.2) is 8.42 Å². The molecule has 2 atom stereocenters. The predicted octanol–water partition coefficient (Wildman–Crippen LogP) is 3.40. The molecule has 2 unspecified atom stereocenters. The number of nitrogens with zero attached hydrogens (tertiary/aromatic N) is 1. The third kappa shape index (κ3) is 4.50. The molecule has 0 aliphatic carbocycles. The maximum absolute atomic E-state index is 13.0. The van der Waals surface area contributed by atoms with Crippen molar-refractivity contribution in [2.24, 2.45) is 11.8 Å². The van der Waals surface area contributed by atoms with Gasteiger partial charge in [-0.3, -0.25) is 4.79 Å². The van der Waals surface area contributed by atoms with E-state index < -0.39 is 16.1 Å². The molecule has 6 heteroatoms. The highest BCUT2D eigenvalue weighted by Gasteiger charge is 2.33. The minimum absolute atomic E-state index is 0.124. The van der Waals surface area contributed by atoms with Crippen LogP contribution in [0.15, 0.2) is 47.4 Å². The first-order chi connectivity index (χ1) is 12.8. The molecule has 0 bridgehead atoms. The molecule has 5 nitrogen and oxygen atoms in total. The lowest BCUT2D eigenvalue weighted by Crippen LogP contribution is -2.53. The highest BCUT2D eigenvalue weighted by atomic mass is 32.2. The molecular formula is C21H28N2O3S. The largest absolute Gasteiger partial charge is 0.341 e. The Hall–Kier alpha value is -1.92. The number of likely N-dealkylation sites (tertiary alicyclic amines) is 1. The summed E-state index contributed by atoms with van der Waals surface area (Å²) in [5.74, 6) is 0.193. The molecule has 1 aliphatic rings. The van der Waals surface area contributed by atoms with Crippen molar-refractivity contribution in [2.45, 2.75) is 44.6 Å². The summed E-state index contributed by atoms with van der Waals surface area (Å²) in [5.41, 5.74) is 0. The minimum Gasteiger partial charge on any atom is -0.341 e. The number of carbonyl (C=O) groups excluding carboxylic acids is 1. The topological polar surface area (TPSA) is 66.5 Å². The van der Waals surface area contributed by atoms with Gasteiger partial charge in [-0.05, 0) is 47.6 Å². The normalized spacial score (nSPS) is 19.4. The van der Waals surface area contributed by atoms with E-state index in [0.717, 1.165) is 23.6 Å². The maximum atomic E-state index is 13.0. The first kappa shape index (κ1) is 19.8. The fourth-order valence-corrected chi connectivity index (χ4v) is 5.00. The molecule has 3 rings (SSSR count). The first-order valence-corrected chi connectivity index (χ1v) is 11.1. The number of sulfonamides is 1. The van der Waals surface area contributed by atoms with Crippen LogP contribution in [0.4, 0.5) is 0 Å². The maximum Gasteiger partial charge on any atom is 0.241 e. The van der Waals surface area contributed by atoms with Crippen molar-refractivity contribution < 1.29 is 13.2 Å². The van der Waals surface area contributed by atoms with Crippen LogP contribution < -0.4 is 4.72 Å². The van der Waals surface area contributed by atoms with Gasteiger partial charge in [0.15, 0.2) is 0 Å². The van der Waals surface area contributed by atoms with Gasteiger partial charge < -0.3 is 4.90 Å². The summed E-state index contributed by atoms with van der Waals surface area (Å²) in [7, 11) is -3.79. The fourth-order valence-electron chi connectivity index (χ4n) is 3.63. The van der Waals surface area contributed by atoms with E-state index in [1.54, 1.807) is 18.2 Å². The van der Waals surface area contributed by atoms with Gasteiger partial charge >= 0.3 is 0 Å². The van der Waals surface area contributed by atoms with Crippen molar-refractivity contribution in [3.8, 4) is 0 Å². The number of benzene rings is 2. The monoisotopic (exact) mass is 388 g/mol. The van der Waals surface area contributed by atoms with E-state index in [1.165, 1.54) is 0 Å². The van der Waals surface area contributed by atoms with E-state index in [4.69, 9.17) is 0 Å². The lowest BCUT2D eigenvalue weighted by Gasteiger charge is -2.34. The molecule has 1 amide bonds. The molecule has 2 aromatic rings. The second kappa shape index (κ2) is 7.98. The number of carbonyl (C=O) groups is 1. The van der Waals surface area contributed by atoms with Crippen LogP contribution in [-0.2, 0) is 14.8 Å². The summed E-state index contributed by atoms with van der Waals surface area (Å²) in [6.45, 7) is 7.27. The molecule has 0 saturated carbocycles. The molecule has 1 saturated heterocycles. The number of hydrogen-bond acceptors (Lipinski definition) is 3. The molecule has 1 heterocycles. The number of fused-ring (bicyclic) bond motifs is 1. The Labute approximate surface area is 161 Å². The Morgan fingerprint density at radius 1 is 1.15 bits per heavy atom. The van der Waals surface area contributed by atoms with Crippen molar-refractivity contribution in [2.75, 3.05) is 13.1 Å². The van der Waals surface area contributed by atoms with Crippen LogP contribution >= 0.6 is 0 Å². The number of piperidine rings is 1. The highest BCUT2D eigenvalue weighted by molar-refractivity contribution is 7.89. The van der Waals surface area contributed by atoms with Gasteiger partial charge in [-0.2, -0.15) is 4.72 Å². The summed E-state index contributed by atoms with van der Waals surface area (Å²) >= 11 is 0. The van der Waals surface area contributed by atoms with E-state index >= 15 is 0 Å². The van der Waals surface area contributed by atoms with Crippen LogP contribution in [0.2, 0.25) is 0 Å². The molecule has 2 aromatic carbocycles. The number of amides is 1. The molecule has 0 spiro atoms. The zero-order chi connectivity index (χ0) is 19.6. The van der Waals surface area contributed by atoms with Crippen LogP contribution in [0.3, 0.4) is 0 Å². The van der Waals surface area contributed by atoms with Gasteiger partial charge in [-0.15, -0.1) is 0 Å². The lowest BCUT2D eigenvalue weighted by atomic mass is 9.97. The van der Waals surface area contributed by atoms with Crippen LogP contribution in [0.25, 0.3) is 10.8 Å². The predicted molar refractivity (Wildman–Crippen MR) is 108 cm³/mol. The van der Waals surface area contributed by atoms with Gasteiger partial charge in [0.25, 0.3) is 0 Å². The van der Waals surface area contributed by atoms with E-state index in [-0.39, 0.29) is 16.7 Å². The van der Waals surface area contributed by atoms with E-state index in [2.05, 4.69) is 11.6 Å². The molecule has 1 aliphatic heterocycles. The lowest BCUT2D eigenvalue weighted by molar-refractivity contribution is -0.135. The quantitative estimate of drug-likeness (QED) is 0.854. The van der Waals surface area contributed by atoms with Gasteiger partial charge in [0.1, 0.15) is 6.04 Å². The van der Waals surface area contributed by atoms with Gasteiger partial charge in [0, 0.05) is 13.1 Å². The van der Waals surface area contributed by atoms with E-state index in [0.29, 0.717) is 19.0 Å². The molecule has 146 valence electrons. The molecule has 27 heavy (non-hydrogen) atoms. The molecule has 0 aromatic heterocycles. The third-order valence-electron chi connectivity index (χ3n) is 5.21. The smallest absolute Gasteiger partial charge is 0.241 e. The summed E-state index contributed by atoms with van der Waals surface area (Å²) in [5, 5.41) is 1.84. The number of nitrogens with one attached hydrogen (secondary N) is 1. The van der Waals surface area contributed by atoms with Crippen LogP contribution in [-0.4, -0.2) is 38.4 Å². The summed E-state index contributed by atoms with van der Waals surface area (Å²) < 4.78 is 28.6. The minimum atomic E-state index is -3.79. The number of hydrogen-bond donors (Lipinski definition) is 1. The Balaban J connectivity index is 1.84. The standard InChI is InChI=1S/C21H28N2O3S/c1-15(2)20(21(24)23-12-6-7-16(3)14-23)22-27(25,26)19-11-10-17-8-4-5-9-18(17)13-19/h4-5,8-11,13,15-16,20,22H,6-7,12,14H2,1-3H3. The van der Waals surface area contributed by atoms with Crippen LogP contribution in [0.5, 0.6) is 0 Å². The molecule has 0 radical (unpaired) electrons. The zero-order valence-corrected chi connectivity index (χ0v) is 17.0. The summed E-state index contributed by atoms with van der Waals surface area (Å²) in [6, 6.07) is 11.9. The van der Waals surface area contributed by atoms with E-state index in [1.807, 2.05) is 43.0 Å². The van der Waals surface area contributed by atoms with Crippen molar-refractivity contribution in [1.82, 2.24) is 9.62 Å². The molecular weight excluding hydrogens is 360 g/mol. The van der Waals surface area contributed by atoms with Crippen molar-refractivity contribution in [1.29, 1.82) is 0 Å². The molecule has 1 N–H and O–H groups in total. The Kier molecular flexibility index (Phi) is 5.86. The van der Waals surface area contributed by atoms with Gasteiger partial charge in [-0.1, -0.05) is 51.1 Å². The Morgan fingerprint density at radius 3 is 2.52 bits per heavy atom. The van der Waals surface area contributed by atoms with Gasteiger partial charge in [0.2, 0.25) is 15.9 Å². The first-order valence-electron chi connectivity index (χ1n) is 9.58. The SMILES string of the molecule is CC1CCCN(C(=O)C(NS(=O)(=O)c2ccc3ccccc3c2)C(C)C)C1. The summed E-state index contributed by atoms with van der Waals surface area (Å²) in [6.07, 6.45) is 2.08. The fraction of sp³-hybridized carbons (Fsp3) is 0.476. The van der Waals surface area contributed by atoms with Crippen LogP contribution in [0.1, 0.15) is 33.6 Å². The summed E-state index contributed by atoms with van der Waals surface area (Å²) in [4.78, 5) is 15.0. The second-order valence-corrected chi connectivity index (χ2v) is 9.60. The van der Waals surface area contributed by atoms with Crippen molar-refractivity contribution >= 4 is 26.7 Å². The third-order valence-corrected chi connectivity index (χ3v) is 6.65. The zero-order valence-electron chi connectivity index (χ0n) is 16.2. The van der Waals surface area contributed by atoms with Crippen LogP contribution in [0, 0.1) is 11.8 Å². The van der Waals surface area contributed by atoms with Crippen molar-refractivity contribution in [3.05, 3.63) is 42.5 Å². The number of rotatable bonds is 5.